The maximum absolute atomic E-state index is 10.7. The molecule has 0 bridgehead atoms. The Kier molecular flexibility index (Phi) is 4.31. The number of rotatable bonds is 2. The Morgan fingerprint density at radius 1 is 1.07 bits per heavy atom. The van der Waals surface area contributed by atoms with Crippen LogP contribution >= 0.6 is 0 Å². The van der Waals surface area contributed by atoms with Gasteiger partial charge < -0.3 is 24.2 Å². The average Bonchev–Trinajstić information content (AvgIpc) is 2.03. The molecule has 6 nitrogen and oxygen atoms in total. The van der Waals surface area contributed by atoms with Crippen LogP contribution in [0.1, 0.15) is 21.1 Å². The van der Waals surface area contributed by atoms with Gasteiger partial charge in [-0.15, -0.1) is 0 Å². The normalized spacial score (nSPS) is 8.86. The molecule has 1 rings (SSSR count). The molecular formula is C7H2MgO6. The van der Waals surface area contributed by atoms with Crippen LogP contribution in [0.3, 0.4) is 0 Å². The zero-order valence-corrected chi connectivity index (χ0v) is 8.23. The van der Waals surface area contributed by atoms with Gasteiger partial charge in [0.1, 0.15) is 11.9 Å². The maximum atomic E-state index is 10.7. The zero-order chi connectivity index (χ0) is 10.0. The van der Waals surface area contributed by atoms with Crippen molar-refractivity contribution in [3.8, 4) is 0 Å². The third-order valence-corrected chi connectivity index (χ3v) is 1.17. The van der Waals surface area contributed by atoms with Gasteiger partial charge in [0.05, 0.1) is 0 Å². The Labute approximate surface area is 93.3 Å². The summed E-state index contributed by atoms with van der Waals surface area (Å²) < 4.78 is 4.26. The summed E-state index contributed by atoms with van der Waals surface area (Å²) in [5.74, 6) is -5.21. The van der Waals surface area contributed by atoms with Crippen LogP contribution in [-0.4, -0.2) is 35.0 Å². The fourth-order valence-electron chi connectivity index (χ4n) is 0.679. The Morgan fingerprint density at radius 3 is 1.71 bits per heavy atom. The Bertz CT molecular complexity index is 385. The molecule has 1 aromatic rings. The molecule has 0 amide bonds. The van der Waals surface area contributed by atoms with E-state index in [0.717, 1.165) is 0 Å². The fraction of sp³-hybridized carbons (Fsp3) is 0. The number of carboxylic acid groups (broad SMARTS) is 2. The molecule has 1 aromatic heterocycles. The number of carboxylic acids is 2. The van der Waals surface area contributed by atoms with Gasteiger partial charge in [-0.2, -0.15) is 0 Å². The van der Waals surface area contributed by atoms with Crippen LogP contribution in [0.5, 0.6) is 0 Å². The minimum atomic E-state index is -1.76. The molecule has 0 N–H and O–H groups in total. The van der Waals surface area contributed by atoms with Crippen molar-refractivity contribution in [3.05, 3.63) is 33.9 Å². The van der Waals surface area contributed by atoms with Crippen molar-refractivity contribution in [1.29, 1.82) is 0 Å². The van der Waals surface area contributed by atoms with Gasteiger partial charge in [0, 0.05) is 12.1 Å². The predicted molar refractivity (Wildman–Crippen MR) is 39.4 cm³/mol. The zero-order valence-electron chi connectivity index (χ0n) is 6.81. The first-order valence-electron chi connectivity index (χ1n) is 3.08. The van der Waals surface area contributed by atoms with Crippen LogP contribution in [0, 0.1) is 0 Å². The second kappa shape index (κ2) is 4.77. The summed E-state index contributed by atoms with van der Waals surface area (Å²) in [5, 5.41) is 20.3. The molecule has 14 heavy (non-hydrogen) atoms. The molecule has 0 aliphatic heterocycles. The van der Waals surface area contributed by atoms with E-state index in [1.54, 1.807) is 0 Å². The summed E-state index contributed by atoms with van der Waals surface area (Å²) in [5.41, 5.74) is -0.801. The monoisotopic (exact) mass is 206 g/mol. The smallest absolute Gasteiger partial charge is 0.542 e. The standard InChI is InChI=1S/C7H4O6.Mg/c8-3-1-4(6(9)10)13-5(2-3)7(11)12;/h1-2H,(H,9,10)(H,11,12);/q;+2/p-2. The molecule has 0 unspecified atom stereocenters. The second-order valence-electron chi connectivity index (χ2n) is 2.10. The maximum Gasteiger partial charge on any atom is 2.00 e. The Balaban J connectivity index is 0.00000169. The summed E-state index contributed by atoms with van der Waals surface area (Å²) >= 11 is 0. The van der Waals surface area contributed by atoms with Gasteiger partial charge in [0.2, 0.25) is 0 Å². The van der Waals surface area contributed by atoms with Gasteiger partial charge in [-0.25, -0.2) is 0 Å². The largest absolute Gasteiger partial charge is 2.00 e. The summed E-state index contributed by atoms with van der Waals surface area (Å²) in [6, 6.07) is 1.23. The minimum absolute atomic E-state index is 0. The van der Waals surface area contributed by atoms with E-state index in [4.69, 9.17) is 0 Å². The molecule has 0 radical (unpaired) electrons. The van der Waals surface area contributed by atoms with Crippen molar-refractivity contribution >= 4 is 35.0 Å². The molecule has 0 spiro atoms. The van der Waals surface area contributed by atoms with Crippen molar-refractivity contribution in [2.24, 2.45) is 0 Å². The van der Waals surface area contributed by atoms with Crippen molar-refractivity contribution < 1.29 is 24.2 Å². The SMILES string of the molecule is O=C([O-])c1cc(=O)cc(C(=O)[O-])o1.[Mg+2]. The molecule has 0 aliphatic carbocycles. The first-order chi connectivity index (χ1) is 6.00. The second-order valence-corrected chi connectivity index (χ2v) is 2.10. The van der Waals surface area contributed by atoms with Crippen molar-refractivity contribution in [1.82, 2.24) is 0 Å². The summed E-state index contributed by atoms with van der Waals surface area (Å²) in [6.07, 6.45) is 0. The van der Waals surface area contributed by atoms with E-state index in [1.807, 2.05) is 0 Å². The van der Waals surface area contributed by atoms with E-state index in [0.29, 0.717) is 12.1 Å². The van der Waals surface area contributed by atoms with Gasteiger partial charge in [-0.3, -0.25) is 4.79 Å². The van der Waals surface area contributed by atoms with Crippen molar-refractivity contribution in [2.45, 2.75) is 0 Å². The summed E-state index contributed by atoms with van der Waals surface area (Å²) in [4.78, 5) is 31.0. The number of hydrogen-bond donors (Lipinski definition) is 0. The molecule has 0 saturated carbocycles. The van der Waals surface area contributed by atoms with Gasteiger partial charge in [-0.05, 0) is 0 Å². The topological polar surface area (TPSA) is 110 Å². The number of carbonyl (C=O) groups is 2. The fourth-order valence-corrected chi connectivity index (χ4v) is 0.679. The molecule has 0 aromatic carbocycles. The number of aromatic carboxylic acids is 2. The van der Waals surface area contributed by atoms with E-state index in [1.165, 1.54) is 0 Å². The van der Waals surface area contributed by atoms with Crippen LogP contribution in [0.25, 0.3) is 0 Å². The van der Waals surface area contributed by atoms with E-state index in [-0.39, 0.29) is 23.1 Å². The van der Waals surface area contributed by atoms with Crippen LogP contribution < -0.4 is 15.6 Å². The van der Waals surface area contributed by atoms with E-state index in [9.17, 15) is 24.6 Å². The molecule has 68 valence electrons. The molecule has 0 atom stereocenters. The van der Waals surface area contributed by atoms with E-state index in [2.05, 4.69) is 4.42 Å². The molecule has 0 fully saturated rings. The molecule has 0 aliphatic rings. The van der Waals surface area contributed by atoms with Crippen LogP contribution in [0.2, 0.25) is 0 Å². The average molecular weight is 206 g/mol. The molecule has 0 saturated heterocycles. The van der Waals surface area contributed by atoms with Crippen LogP contribution in [-0.2, 0) is 0 Å². The summed E-state index contributed by atoms with van der Waals surface area (Å²) in [6.45, 7) is 0. The molecule has 1 heterocycles. The third-order valence-electron chi connectivity index (χ3n) is 1.17. The van der Waals surface area contributed by atoms with Gasteiger partial charge in [-0.1, -0.05) is 0 Å². The molecule has 7 heteroatoms. The first-order valence-corrected chi connectivity index (χ1v) is 3.08. The Morgan fingerprint density at radius 2 is 1.43 bits per heavy atom. The minimum Gasteiger partial charge on any atom is -0.542 e. The van der Waals surface area contributed by atoms with Gasteiger partial charge in [0.15, 0.2) is 16.9 Å². The van der Waals surface area contributed by atoms with E-state index < -0.39 is 28.9 Å². The van der Waals surface area contributed by atoms with E-state index >= 15 is 0 Å². The van der Waals surface area contributed by atoms with Gasteiger partial charge >= 0.3 is 23.1 Å². The number of carbonyl (C=O) groups excluding carboxylic acids is 2. The quantitative estimate of drug-likeness (QED) is 0.476. The molecular weight excluding hydrogens is 204 g/mol. The van der Waals surface area contributed by atoms with Crippen LogP contribution in [0.15, 0.2) is 21.3 Å². The van der Waals surface area contributed by atoms with Crippen LogP contribution in [0.4, 0.5) is 0 Å². The summed E-state index contributed by atoms with van der Waals surface area (Å²) in [7, 11) is 0. The van der Waals surface area contributed by atoms with Gasteiger partial charge in [0.25, 0.3) is 0 Å². The predicted octanol–water partition coefficient (Wildman–Crippen LogP) is -3.01. The van der Waals surface area contributed by atoms with Crippen molar-refractivity contribution in [3.63, 3.8) is 0 Å². The number of hydrogen-bond acceptors (Lipinski definition) is 6. The first kappa shape index (κ1) is 12.7. The van der Waals surface area contributed by atoms with Crippen molar-refractivity contribution in [2.75, 3.05) is 0 Å². The Hall–Kier alpha value is -1.34. The third kappa shape index (κ3) is 2.85.